The summed E-state index contributed by atoms with van der Waals surface area (Å²) in [5, 5.41) is 0.447. The fourth-order valence-electron chi connectivity index (χ4n) is 2.74. The second-order valence-corrected chi connectivity index (χ2v) is 8.65. The molecule has 1 aliphatic rings. The van der Waals surface area contributed by atoms with Crippen LogP contribution in [0.2, 0.25) is 10.0 Å². The van der Waals surface area contributed by atoms with Crippen LogP contribution in [0.5, 0.6) is 11.5 Å². The molecular weight excluding hydrogens is 501 g/mol. The van der Waals surface area contributed by atoms with Gasteiger partial charge < -0.3 is 9.47 Å². The van der Waals surface area contributed by atoms with E-state index in [1.807, 2.05) is 6.92 Å². The molecule has 9 heteroatoms. The third-order valence-corrected chi connectivity index (χ3v) is 6.27. The molecule has 0 spiro atoms. The highest BCUT2D eigenvalue weighted by Crippen LogP contribution is 2.39. The SMILES string of the molecule is CCOc1cc(/C=C2\SC(=O)N(Cc3ccc(Cl)c(Cl)c3)C2=O)cc(Br)c1OC. The van der Waals surface area contributed by atoms with E-state index in [4.69, 9.17) is 32.7 Å². The molecule has 29 heavy (non-hydrogen) atoms. The van der Waals surface area contributed by atoms with Gasteiger partial charge in [0.2, 0.25) is 0 Å². The number of benzene rings is 2. The normalized spacial score (nSPS) is 15.3. The Morgan fingerprint density at radius 1 is 1.17 bits per heavy atom. The second kappa shape index (κ2) is 9.43. The summed E-state index contributed by atoms with van der Waals surface area (Å²) in [5.74, 6) is 0.748. The molecule has 1 aliphatic heterocycles. The molecule has 0 aliphatic carbocycles. The summed E-state index contributed by atoms with van der Waals surface area (Å²) in [5.41, 5.74) is 1.43. The molecule has 0 atom stereocenters. The Labute approximate surface area is 191 Å². The molecule has 0 bridgehead atoms. The molecule has 0 saturated carbocycles. The number of carbonyl (C=O) groups is 2. The minimum absolute atomic E-state index is 0.120. The summed E-state index contributed by atoms with van der Waals surface area (Å²) in [6, 6.07) is 8.58. The molecular formula is C20H16BrCl2NO4S. The standard InChI is InChI=1S/C20H16BrCl2NO4S/c1-3-28-16-8-12(6-13(21)18(16)27-2)9-17-19(25)24(20(26)29-17)10-11-4-5-14(22)15(23)7-11/h4-9H,3,10H2,1-2H3/b17-9-. The minimum atomic E-state index is -0.365. The van der Waals surface area contributed by atoms with Gasteiger partial charge in [-0.15, -0.1) is 0 Å². The molecule has 2 amide bonds. The number of carbonyl (C=O) groups excluding carboxylic acids is 2. The highest BCUT2D eigenvalue weighted by atomic mass is 79.9. The van der Waals surface area contributed by atoms with Gasteiger partial charge in [0.15, 0.2) is 11.5 Å². The van der Waals surface area contributed by atoms with Gasteiger partial charge in [-0.25, -0.2) is 0 Å². The molecule has 0 radical (unpaired) electrons. The van der Waals surface area contributed by atoms with E-state index in [1.54, 1.807) is 43.5 Å². The zero-order valence-corrected chi connectivity index (χ0v) is 19.4. The first-order valence-corrected chi connectivity index (χ1v) is 10.9. The van der Waals surface area contributed by atoms with E-state index in [1.165, 1.54) is 4.90 Å². The maximum atomic E-state index is 12.8. The lowest BCUT2D eigenvalue weighted by Crippen LogP contribution is -2.27. The lowest BCUT2D eigenvalue weighted by Gasteiger charge is -2.13. The summed E-state index contributed by atoms with van der Waals surface area (Å²) < 4.78 is 11.6. The van der Waals surface area contributed by atoms with Gasteiger partial charge in [-0.2, -0.15) is 0 Å². The van der Waals surface area contributed by atoms with Crippen molar-refractivity contribution in [3.05, 3.63) is 60.9 Å². The summed E-state index contributed by atoms with van der Waals surface area (Å²) in [6.07, 6.45) is 1.66. The highest BCUT2D eigenvalue weighted by molar-refractivity contribution is 9.10. The van der Waals surface area contributed by atoms with Gasteiger partial charge in [0.05, 0.1) is 39.7 Å². The molecule has 0 aromatic heterocycles. The number of rotatable bonds is 6. The van der Waals surface area contributed by atoms with Crippen molar-refractivity contribution in [2.24, 2.45) is 0 Å². The van der Waals surface area contributed by atoms with Gasteiger partial charge >= 0.3 is 0 Å². The number of thioether (sulfide) groups is 1. The number of hydrogen-bond donors (Lipinski definition) is 0. The number of amides is 2. The van der Waals surface area contributed by atoms with Crippen molar-refractivity contribution < 1.29 is 19.1 Å². The van der Waals surface area contributed by atoms with Crippen LogP contribution in [-0.4, -0.2) is 29.8 Å². The van der Waals surface area contributed by atoms with Crippen molar-refractivity contribution in [3.63, 3.8) is 0 Å². The van der Waals surface area contributed by atoms with Crippen LogP contribution >= 0.6 is 50.9 Å². The average Bonchev–Trinajstić information content (AvgIpc) is 2.92. The molecule has 152 valence electrons. The Morgan fingerprint density at radius 3 is 2.59 bits per heavy atom. The Morgan fingerprint density at radius 2 is 1.93 bits per heavy atom. The molecule has 0 N–H and O–H groups in total. The number of ether oxygens (including phenoxy) is 2. The molecule has 3 rings (SSSR count). The maximum absolute atomic E-state index is 12.8. The summed E-state index contributed by atoms with van der Waals surface area (Å²) in [6.45, 7) is 2.45. The van der Waals surface area contributed by atoms with Crippen molar-refractivity contribution in [1.29, 1.82) is 0 Å². The fourth-order valence-corrected chi connectivity index (χ4v) is 4.52. The lowest BCUT2D eigenvalue weighted by molar-refractivity contribution is -0.123. The van der Waals surface area contributed by atoms with Crippen LogP contribution < -0.4 is 9.47 Å². The summed E-state index contributed by atoms with van der Waals surface area (Å²) in [7, 11) is 1.55. The molecule has 1 heterocycles. The van der Waals surface area contributed by atoms with Gasteiger partial charge in [-0.05, 0) is 76.1 Å². The quantitative estimate of drug-likeness (QED) is 0.416. The first-order chi connectivity index (χ1) is 13.8. The Hall–Kier alpha value is -1.67. The summed E-state index contributed by atoms with van der Waals surface area (Å²) >= 11 is 16.3. The largest absolute Gasteiger partial charge is 0.492 e. The monoisotopic (exact) mass is 515 g/mol. The van der Waals surface area contributed by atoms with Crippen molar-refractivity contribution in [2.45, 2.75) is 13.5 Å². The van der Waals surface area contributed by atoms with E-state index in [0.717, 1.165) is 11.8 Å². The number of hydrogen-bond acceptors (Lipinski definition) is 5. The Kier molecular flexibility index (Phi) is 7.16. The predicted octanol–water partition coefficient (Wildman–Crippen LogP) is 6.40. The molecule has 1 fully saturated rings. The highest BCUT2D eigenvalue weighted by Gasteiger charge is 2.35. The van der Waals surface area contributed by atoms with Gasteiger partial charge in [0.25, 0.3) is 11.1 Å². The van der Waals surface area contributed by atoms with E-state index in [-0.39, 0.29) is 17.7 Å². The molecule has 2 aromatic rings. The maximum Gasteiger partial charge on any atom is 0.293 e. The number of nitrogens with zero attached hydrogens (tertiary/aromatic N) is 1. The Balaban J connectivity index is 1.87. The van der Waals surface area contributed by atoms with E-state index < -0.39 is 0 Å². The third kappa shape index (κ3) is 4.91. The van der Waals surface area contributed by atoms with Crippen molar-refractivity contribution >= 4 is 68.1 Å². The minimum Gasteiger partial charge on any atom is -0.492 e. The van der Waals surface area contributed by atoms with Crippen LogP contribution in [0.15, 0.2) is 39.7 Å². The van der Waals surface area contributed by atoms with E-state index in [0.29, 0.717) is 48.7 Å². The van der Waals surface area contributed by atoms with E-state index in [2.05, 4.69) is 15.9 Å². The molecule has 0 unspecified atom stereocenters. The molecule has 1 saturated heterocycles. The summed E-state index contributed by atoms with van der Waals surface area (Å²) in [4.78, 5) is 26.7. The lowest BCUT2D eigenvalue weighted by atomic mass is 10.1. The Bertz CT molecular complexity index is 1010. The second-order valence-electron chi connectivity index (χ2n) is 5.98. The molecule has 5 nitrogen and oxygen atoms in total. The van der Waals surface area contributed by atoms with Crippen LogP contribution in [0.25, 0.3) is 6.08 Å². The number of methoxy groups -OCH3 is 1. The van der Waals surface area contributed by atoms with Crippen LogP contribution in [0.1, 0.15) is 18.1 Å². The van der Waals surface area contributed by atoms with Crippen molar-refractivity contribution in [2.75, 3.05) is 13.7 Å². The van der Waals surface area contributed by atoms with Crippen LogP contribution in [0.4, 0.5) is 4.79 Å². The number of halogens is 3. The molecule has 2 aromatic carbocycles. The van der Waals surface area contributed by atoms with Crippen LogP contribution in [0.3, 0.4) is 0 Å². The first kappa shape index (κ1) is 22.0. The predicted molar refractivity (Wildman–Crippen MR) is 120 cm³/mol. The van der Waals surface area contributed by atoms with Crippen molar-refractivity contribution in [1.82, 2.24) is 4.90 Å². The first-order valence-electron chi connectivity index (χ1n) is 8.53. The van der Waals surface area contributed by atoms with Gasteiger partial charge in [0, 0.05) is 0 Å². The van der Waals surface area contributed by atoms with Gasteiger partial charge in [-0.3, -0.25) is 14.5 Å². The topological polar surface area (TPSA) is 55.8 Å². The average molecular weight is 517 g/mol. The fraction of sp³-hybridized carbons (Fsp3) is 0.200. The van der Waals surface area contributed by atoms with Gasteiger partial charge in [0.1, 0.15) is 0 Å². The van der Waals surface area contributed by atoms with E-state index in [9.17, 15) is 9.59 Å². The van der Waals surface area contributed by atoms with Gasteiger partial charge in [-0.1, -0.05) is 29.3 Å². The van der Waals surface area contributed by atoms with Crippen LogP contribution in [-0.2, 0) is 11.3 Å². The zero-order valence-electron chi connectivity index (χ0n) is 15.5. The smallest absolute Gasteiger partial charge is 0.293 e. The van der Waals surface area contributed by atoms with Crippen molar-refractivity contribution in [3.8, 4) is 11.5 Å². The zero-order chi connectivity index (χ0) is 21.1. The third-order valence-electron chi connectivity index (χ3n) is 4.03. The van der Waals surface area contributed by atoms with E-state index >= 15 is 0 Å². The van der Waals surface area contributed by atoms with Crippen LogP contribution in [0, 0.1) is 0 Å². The number of imide groups is 1.